The molecular weight excluding hydrogens is 308 g/mol. The smallest absolute Gasteiger partial charge is 0.316 e. The van der Waals surface area contributed by atoms with Crippen LogP contribution in [0, 0.1) is 5.41 Å². The van der Waals surface area contributed by atoms with E-state index in [4.69, 9.17) is 4.74 Å². The molecule has 0 bridgehead atoms. The SMILES string of the molecule is C=C(CC(C)(C(=O)OCC)/C(C)=C/c1ccccc1)c1ccccc1. The van der Waals surface area contributed by atoms with Crippen LogP contribution in [0.5, 0.6) is 0 Å². The highest BCUT2D eigenvalue weighted by atomic mass is 16.5. The maximum Gasteiger partial charge on any atom is 0.316 e. The first-order chi connectivity index (χ1) is 12.0. The topological polar surface area (TPSA) is 26.3 Å². The first-order valence-electron chi connectivity index (χ1n) is 8.61. The fourth-order valence-corrected chi connectivity index (χ4v) is 2.82. The van der Waals surface area contributed by atoms with E-state index >= 15 is 0 Å². The summed E-state index contributed by atoms with van der Waals surface area (Å²) in [6.07, 6.45) is 2.57. The Labute approximate surface area is 150 Å². The molecule has 2 nitrogen and oxygen atoms in total. The standard InChI is InChI=1S/C23H26O2/c1-5-25-22(24)23(4,17-18(2)21-14-10-7-11-15-21)19(3)16-20-12-8-6-9-13-20/h6-16H,2,5,17H2,1,3-4H3/b19-16+. The lowest BCUT2D eigenvalue weighted by Crippen LogP contribution is -2.31. The zero-order chi connectivity index (χ0) is 18.3. The number of carbonyl (C=O) groups excluding carboxylic acids is 1. The minimum Gasteiger partial charge on any atom is -0.465 e. The van der Waals surface area contributed by atoms with Crippen LogP contribution in [0.25, 0.3) is 11.6 Å². The van der Waals surface area contributed by atoms with Gasteiger partial charge in [0.2, 0.25) is 0 Å². The van der Waals surface area contributed by atoms with E-state index in [1.165, 1.54) is 0 Å². The highest BCUT2D eigenvalue weighted by molar-refractivity contribution is 5.85. The molecule has 0 aliphatic heterocycles. The van der Waals surface area contributed by atoms with Crippen molar-refractivity contribution in [2.24, 2.45) is 5.41 Å². The Morgan fingerprint density at radius 3 is 2.20 bits per heavy atom. The molecule has 0 aromatic heterocycles. The van der Waals surface area contributed by atoms with Crippen LogP contribution in [-0.2, 0) is 9.53 Å². The lowest BCUT2D eigenvalue weighted by atomic mass is 9.75. The fraction of sp³-hybridized carbons (Fsp3) is 0.261. The summed E-state index contributed by atoms with van der Waals surface area (Å²) in [5.41, 5.74) is 3.26. The van der Waals surface area contributed by atoms with E-state index < -0.39 is 5.41 Å². The van der Waals surface area contributed by atoms with E-state index in [9.17, 15) is 4.79 Å². The molecule has 0 spiro atoms. The Morgan fingerprint density at radius 1 is 1.08 bits per heavy atom. The Hall–Kier alpha value is -2.61. The molecule has 2 heteroatoms. The van der Waals surface area contributed by atoms with Crippen molar-refractivity contribution in [3.05, 3.63) is 83.9 Å². The van der Waals surface area contributed by atoms with Gasteiger partial charge in [-0.3, -0.25) is 4.79 Å². The van der Waals surface area contributed by atoms with Crippen molar-refractivity contribution in [3.63, 3.8) is 0 Å². The third-order valence-electron chi connectivity index (χ3n) is 4.53. The van der Waals surface area contributed by atoms with Gasteiger partial charge in [0.1, 0.15) is 0 Å². The van der Waals surface area contributed by atoms with Gasteiger partial charge in [0, 0.05) is 0 Å². The second-order valence-electron chi connectivity index (χ2n) is 6.44. The number of carbonyl (C=O) groups is 1. The molecule has 0 aliphatic carbocycles. The highest BCUT2D eigenvalue weighted by Gasteiger charge is 2.37. The summed E-state index contributed by atoms with van der Waals surface area (Å²) >= 11 is 0. The summed E-state index contributed by atoms with van der Waals surface area (Å²) in [6, 6.07) is 20.0. The van der Waals surface area contributed by atoms with Gasteiger partial charge in [-0.1, -0.05) is 78.9 Å². The molecule has 1 atom stereocenters. The maximum atomic E-state index is 12.8. The fourth-order valence-electron chi connectivity index (χ4n) is 2.82. The van der Waals surface area contributed by atoms with Crippen LogP contribution >= 0.6 is 0 Å². The third-order valence-corrected chi connectivity index (χ3v) is 4.53. The second kappa shape index (κ2) is 8.48. The van der Waals surface area contributed by atoms with Gasteiger partial charge >= 0.3 is 5.97 Å². The van der Waals surface area contributed by atoms with Crippen LogP contribution in [-0.4, -0.2) is 12.6 Å². The zero-order valence-electron chi connectivity index (χ0n) is 15.3. The van der Waals surface area contributed by atoms with E-state index in [0.29, 0.717) is 13.0 Å². The van der Waals surface area contributed by atoms with Crippen molar-refractivity contribution >= 4 is 17.6 Å². The van der Waals surface area contributed by atoms with E-state index in [0.717, 1.165) is 22.3 Å². The number of hydrogen-bond acceptors (Lipinski definition) is 2. The molecule has 2 aromatic carbocycles. The van der Waals surface area contributed by atoms with Gasteiger partial charge in [0.05, 0.1) is 12.0 Å². The molecule has 0 heterocycles. The van der Waals surface area contributed by atoms with Crippen molar-refractivity contribution in [1.82, 2.24) is 0 Å². The molecule has 2 aromatic rings. The van der Waals surface area contributed by atoms with Crippen LogP contribution in [0.1, 0.15) is 38.3 Å². The molecule has 0 N–H and O–H groups in total. The molecule has 2 rings (SSSR count). The number of rotatable bonds is 7. The minimum absolute atomic E-state index is 0.211. The molecular formula is C23H26O2. The molecule has 0 saturated heterocycles. The predicted octanol–water partition coefficient (Wildman–Crippen LogP) is 5.76. The van der Waals surface area contributed by atoms with Gasteiger partial charge in [-0.2, -0.15) is 0 Å². The van der Waals surface area contributed by atoms with Crippen molar-refractivity contribution in [1.29, 1.82) is 0 Å². The van der Waals surface area contributed by atoms with Gasteiger partial charge < -0.3 is 4.74 Å². The molecule has 0 amide bonds. The predicted molar refractivity (Wildman–Crippen MR) is 105 cm³/mol. The second-order valence-corrected chi connectivity index (χ2v) is 6.44. The number of benzene rings is 2. The zero-order valence-corrected chi connectivity index (χ0v) is 15.3. The molecule has 0 saturated carbocycles. The van der Waals surface area contributed by atoms with Crippen molar-refractivity contribution in [2.45, 2.75) is 27.2 Å². The summed E-state index contributed by atoms with van der Waals surface area (Å²) in [5.74, 6) is -0.211. The van der Waals surface area contributed by atoms with Gasteiger partial charge in [0.15, 0.2) is 0 Å². The summed E-state index contributed by atoms with van der Waals surface area (Å²) in [4.78, 5) is 12.8. The van der Waals surface area contributed by atoms with Crippen LogP contribution in [0.2, 0.25) is 0 Å². The summed E-state index contributed by atoms with van der Waals surface area (Å²) in [6.45, 7) is 10.3. The molecule has 25 heavy (non-hydrogen) atoms. The average Bonchev–Trinajstić information content (AvgIpc) is 2.63. The molecule has 1 unspecified atom stereocenters. The third kappa shape index (κ3) is 4.69. The Morgan fingerprint density at radius 2 is 1.64 bits per heavy atom. The largest absolute Gasteiger partial charge is 0.465 e. The van der Waals surface area contributed by atoms with Gasteiger partial charge in [-0.25, -0.2) is 0 Å². The highest BCUT2D eigenvalue weighted by Crippen LogP contribution is 2.38. The molecule has 0 aliphatic rings. The van der Waals surface area contributed by atoms with Gasteiger partial charge in [0.25, 0.3) is 0 Å². The van der Waals surface area contributed by atoms with E-state index in [1.807, 2.05) is 81.4 Å². The van der Waals surface area contributed by atoms with Crippen LogP contribution in [0.3, 0.4) is 0 Å². The monoisotopic (exact) mass is 334 g/mol. The van der Waals surface area contributed by atoms with Gasteiger partial charge in [-0.05, 0) is 43.9 Å². The number of esters is 1. The maximum absolute atomic E-state index is 12.8. The van der Waals surface area contributed by atoms with Crippen molar-refractivity contribution < 1.29 is 9.53 Å². The van der Waals surface area contributed by atoms with Crippen LogP contribution < -0.4 is 0 Å². The lowest BCUT2D eigenvalue weighted by Gasteiger charge is -2.29. The van der Waals surface area contributed by atoms with Crippen LogP contribution in [0.15, 0.2) is 72.8 Å². The van der Waals surface area contributed by atoms with E-state index in [1.54, 1.807) is 0 Å². The van der Waals surface area contributed by atoms with E-state index in [2.05, 4.69) is 12.7 Å². The number of hydrogen-bond donors (Lipinski definition) is 0. The van der Waals surface area contributed by atoms with Gasteiger partial charge in [-0.15, -0.1) is 0 Å². The normalized spacial score (nSPS) is 13.8. The Balaban J connectivity index is 2.35. The lowest BCUT2D eigenvalue weighted by molar-refractivity contribution is -0.151. The summed E-state index contributed by atoms with van der Waals surface area (Å²) in [5, 5.41) is 0. The molecule has 0 fully saturated rings. The van der Waals surface area contributed by atoms with Crippen molar-refractivity contribution in [2.75, 3.05) is 6.61 Å². The van der Waals surface area contributed by atoms with Crippen LogP contribution in [0.4, 0.5) is 0 Å². The van der Waals surface area contributed by atoms with Crippen molar-refractivity contribution in [3.8, 4) is 0 Å². The summed E-state index contributed by atoms with van der Waals surface area (Å²) in [7, 11) is 0. The average molecular weight is 334 g/mol. The molecule has 130 valence electrons. The first-order valence-corrected chi connectivity index (χ1v) is 8.61. The number of ether oxygens (including phenoxy) is 1. The number of allylic oxidation sites excluding steroid dienone is 1. The first kappa shape index (κ1) is 18.7. The Kier molecular flexibility index (Phi) is 6.35. The molecule has 0 radical (unpaired) electrons. The Bertz CT molecular complexity index is 744. The quantitative estimate of drug-likeness (QED) is 0.601. The minimum atomic E-state index is -0.751. The van der Waals surface area contributed by atoms with E-state index in [-0.39, 0.29) is 5.97 Å². The summed E-state index contributed by atoms with van der Waals surface area (Å²) < 4.78 is 5.38.